The molecule has 0 bridgehead atoms. The molecule has 152 valence electrons. The van der Waals surface area contributed by atoms with Crippen LogP contribution < -0.4 is 5.32 Å². The maximum Gasteiger partial charge on any atom is 0.408 e. The van der Waals surface area contributed by atoms with E-state index in [9.17, 15) is 13.2 Å². The van der Waals surface area contributed by atoms with Crippen LogP contribution in [0.5, 0.6) is 0 Å². The summed E-state index contributed by atoms with van der Waals surface area (Å²) in [5, 5.41) is 3.92. The molecule has 1 aliphatic carbocycles. The lowest BCUT2D eigenvalue weighted by Gasteiger charge is -2.22. The summed E-state index contributed by atoms with van der Waals surface area (Å²) in [4.78, 5) is 15.3. The maximum absolute atomic E-state index is 13.1. The van der Waals surface area contributed by atoms with Crippen molar-refractivity contribution in [1.29, 1.82) is 0 Å². The van der Waals surface area contributed by atoms with Gasteiger partial charge in [-0.3, -0.25) is 0 Å². The highest BCUT2D eigenvalue weighted by Gasteiger charge is 2.28. The van der Waals surface area contributed by atoms with Crippen molar-refractivity contribution in [3.05, 3.63) is 59.7 Å². The number of hydrogen-bond acceptors (Lipinski definition) is 4. The van der Waals surface area contributed by atoms with Gasteiger partial charge in [-0.15, -0.1) is 0 Å². The van der Waals surface area contributed by atoms with Crippen LogP contribution in [0.1, 0.15) is 44.4 Å². The fourth-order valence-electron chi connectivity index (χ4n) is 3.68. The minimum Gasteiger partial charge on any atom is -0.444 e. The molecule has 2 N–H and O–H groups in total. The number of fused-ring (bicyclic) bond motifs is 2. The summed E-state index contributed by atoms with van der Waals surface area (Å²) in [5.74, 6) is 0. The normalized spacial score (nSPS) is 16.6. The van der Waals surface area contributed by atoms with E-state index in [4.69, 9.17) is 4.74 Å². The molecule has 2 aromatic carbocycles. The molecule has 4 rings (SSSR count). The molecule has 1 aliphatic rings. The molecule has 0 spiro atoms. The van der Waals surface area contributed by atoms with Gasteiger partial charge >= 0.3 is 6.09 Å². The second kappa shape index (κ2) is 6.91. The molecule has 1 heterocycles. The lowest BCUT2D eigenvalue weighted by Crippen LogP contribution is -2.34. The Balaban J connectivity index is 1.59. The number of para-hydroxylation sites is 1. The number of aromatic nitrogens is 1. The predicted molar refractivity (Wildman–Crippen MR) is 111 cm³/mol. The van der Waals surface area contributed by atoms with Crippen LogP contribution in [-0.2, 0) is 21.0 Å². The molecule has 7 heteroatoms. The molecule has 0 saturated heterocycles. The van der Waals surface area contributed by atoms with Crippen LogP contribution in [0.2, 0.25) is 0 Å². The van der Waals surface area contributed by atoms with Gasteiger partial charge in [-0.05, 0) is 69.0 Å². The highest BCUT2D eigenvalue weighted by Crippen LogP contribution is 2.34. The highest BCUT2D eigenvalue weighted by atomic mass is 32.2. The first kappa shape index (κ1) is 19.5. The molecule has 0 radical (unpaired) electrons. The Labute approximate surface area is 170 Å². The van der Waals surface area contributed by atoms with Gasteiger partial charge < -0.3 is 15.0 Å². The summed E-state index contributed by atoms with van der Waals surface area (Å²) < 4.78 is 31.5. The van der Waals surface area contributed by atoms with Crippen molar-refractivity contribution in [1.82, 2.24) is 10.3 Å². The minimum absolute atomic E-state index is 0.176. The van der Waals surface area contributed by atoms with E-state index < -0.39 is 21.5 Å². The van der Waals surface area contributed by atoms with Crippen LogP contribution in [0.3, 0.4) is 0 Å². The second-order valence-electron chi connectivity index (χ2n) is 8.32. The number of carbonyl (C=O) groups is 1. The van der Waals surface area contributed by atoms with E-state index in [1.165, 1.54) is 0 Å². The van der Waals surface area contributed by atoms with Crippen molar-refractivity contribution in [2.24, 2.45) is 0 Å². The standard InChI is InChI=1S/C22H24N2O4S/c1-22(2,3)28-21(25)24-19-11-8-14-12-16(9-10-17(14)19)29(26,27)20-13-15-6-4-5-7-18(15)23-20/h4-7,9-10,12-13,19,23H,8,11H2,1-3H3,(H,24,25). The second-order valence-corrected chi connectivity index (χ2v) is 10.2. The van der Waals surface area contributed by atoms with Gasteiger partial charge in [-0.2, -0.15) is 0 Å². The van der Waals surface area contributed by atoms with Crippen molar-refractivity contribution < 1.29 is 17.9 Å². The lowest BCUT2D eigenvalue weighted by atomic mass is 10.1. The molecule has 0 fully saturated rings. The van der Waals surface area contributed by atoms with Crippen LogP contribution in [0.25, 0.3) is 10.9 Å². The number of sulfone groups is 1. The number of hydrogen-bond donors (Lipinski definition) is 2. The summed E-state index contributed by atoms with van der Waals surface area (Å²) in [6, 6.07) is 14.1. The summed E-state index contributed by atoms with van der Waals surface area (Å²) in [6.45, 7) is 5.45. The summed E-state index contributed by atoms with van der Waals surface area (Å²) in [6.07, 6.45) is 0.946. The molecule has 1 unspecified atom stereocenters. The first-order chi connectivity index (χ1) is 13.6. The molecule has 6 nitrogen and oxygen atoms in total. The van der Waals surface area contributed by atoms with Crippen LogP contribution in [0, 0.1) is 0 Å². The third-order valence-corrected chi connectivity index (χ3v) is 6.66. The average molecular weight is 413 g/mol. The van der Waals surface area contributed by atoms with Gasteiger partial charge in [-0.25, -0.2) is 13.2 Å². The highest BCUT2D eigenvalue weighted by molar-refractivity contribution is 7.91. The van der Waals surface area contributed by atoms with E-state index in [-0.39, 0.29) is 16.0 Å². The van der Waals surface area contributed by atoms with Gasteiger partial charge in [0.2, 0.25) is 9.84 Å². The molecule has 0 aliphatic heterocycles. The average Bonchev–Trinajstić information content (AvgIpc) is 3.24. The molecule has 29 heavy (non-hydrogen) atoms. The SMILES string of the molecule is CC(C)(C)OC(=O)NC1CCc2cc(S(=O)(=O)c3cc4ccccc4[nH]3)ccc21. The first-order valence-corrected chi connectivity index (χ1v) is 11.1. The Morgan fingerprint density at radius 2 is 1.90 bits per heavy atom. The number of rotatable bonds is 3. The molecule has 1 atom stereocenters. The Bertz CT molecular complexity index is 1160. The fourth-order valence-corrected chi connectivity index (χ4v) is 5.00. The van der Waals surface area contributed by atoms with Crippen molar-refractivity contribution in [2.75, 3.05) is 0 Å². The largest absolute Gasteiger partial charge is 0.444 e. The predicted octanol–water partition coefficient (Wildman–Crippen LogP) is 4.51. The molecule has 1 amide bonds. The number of alkyl carbamates (subject to hydrolysis) is 1. The third-order valence-electron chi connectivity index (χ3n) is 4.99. The van der Waals surface area contributed by atoms with E-state index in [2.05, 4.69) is 10.3 Å². The fraction of sp³-hybridized carbons (Fsp3) is 0.318. The van der Waals surface area contributed by atoms with Crippen LogP contribution in [0.4, 0.5) is 4.79 Å². The number of aromatic amines is 1. The van der Waals surface area contributed by atoms with E-state index in [0.717, 1.165) is 22.0 Å². The Hall–Kier alpha value is -2.80. The number of H-pyrrole nitrogens is 1. The van der Waals surface area contributed by atoms with Crippen molar-refractivity contribution in [2.45, 2.75) is 55.2 Å². The van der Waals surface area contributed by atoms with E-state index in [0.29, 0.717) is 12.8 Å². The first-order valence-electron chi connectivity index (χ1n) is 9.59. The minimum atomic E-state index is -3.65. The lowest BCUT2D eigenvalue weighted by molar-refractivity contribution is 0.0503. The number of carbonyl (C=O) groups excluding carboxylic acids is 1. The number of amides is 1. The van der Waals surface area contributed by atoms with Crippen molar-refractivity contribution >= 4 is 26.8 Å². The third kappa shape index (κ3) is 3.87. The maximum atomic E-state index is 13.1. The monoisotopic (exact) mass is 412 g/mol. The zero-order valence-corrected chi connectivity index (χ0v) is 17.5. The Morgan fingerprint density at radius 1 is 1.14 bits per heavy atom. The molecular weight excluding hydrogens is 388 g/mol. The summed E-state index contributed by atoms with van der Waals surface area (Å²) in [7, 11) is -3.65. The number of nitrogens with one attached hydrogen (secondary N) is 2. The van der Waals surface area contributed by atoms with Crippen LogP contribution in [-0.4, -0.2) is 25.1 Å². The smallest absolute Gasteiger partial charge is 0.408 e. The van der Waals surface area contributed by atoms with Crippen LogP contribution in [0.15, 0.2) is 58.5 Å². The zero-order chi connectivity index (χ0) is 20.8. The number of aryl methyl sites for hydroxylation is 1. The van der Waals surface area contributed by atoms with Gasteiger partial charge in [-0.1, -0.05) is 24.3 Å². The van der Waals surface area contributed by atoms with Crippen LogP contribution >= 0.6 is 0 Å². The number of ether oxygens (including phenoxy) is 1. The topological polar surface area (TPSA) is 88.3 Å². The van der Waals surface area contributed by atoms with Gasteiger partial charge in [0.1, 0.15) is 10.6 Å². The van der Waals surface area contributed by atoms with Crippen molar-refractivity contribution in [3.63, 3.8) is 0 Å². The molecule has 3 aromatic rings. The van der Waals surface area contributed by atoms with Gasteiger partial charge in [0, 0.05) is 10.9 Å². The summed E-state index contributed by atoms with van der Waals surface area (Å²) in [5.41, 5.74) is 2.09. The zero-order valence-electron chi connectivity index (χ0n) is 16.7. The Morgan fingerprint density at radius 3 is 2.62 bits per heavy atom. The van der Waals surface area contributed by atoms with E-state index >= 15 is 0 Å². The summed E-state index contributed by atoms with van der Waals surface area (Å²) >= 11 is 0. The van der Waals surface area contributed by atoms with Gasteiger partial charge in [0.05, 0.1) is 10.9 Å². The molecule has 1 aromatic heterocycles. The van der Waals surface area contributed by atoms with Gasteiger partial charge in [0.15, 0.2) is 0 Å². The van der Waals surface area contributed by atoms with E-state index in [1.807, 2.05) is 45.0 Å². The van der Waals surface area contributed by atoms with Gasteiger partial charge in [0.25, 0.3) is 0 Å². The molecular formula is C22H24N2O4S. The Kier molecular flexibility index (Phi) is 4.65. The van der Waals surface area contributed by atoms with E-state index in [1.54, 1.807) is 24.3 Å². The molecule has 0 saturated carbocycles. The van der Waals surface area contributed by atoms with Crippen molar-refractivity contribution in [3.8, 4) is 0 Å². The quantitative estimate of drug-likeness (QED) is 0.662. The number of benzene rings is 2.